The molecule has 1 aromatic heterocycles. The zero-order valence-corrected chi connectivity index (χ0v) is 6.78. The van der Waals surface area contributed by atoms with Crippen LogP contribution in [-0.4, -0.2) is 9.91 Å². The lowest BCUT2D eigenvalue weighted by atomic mass is 10.2. The van der Waals surface area contributed by atoms with Crippen molar-refractivity contribution in [1.82, 2.24) is 4.98 Å². The molecule has 0 aromatic carbocycles. The number of nitrogens with zero attached hydrogens (tertiary/aromatic N) is 2. The van der Waals surface area contributed by atoms with E-state index >= 15 is 0 Å². The number of aromatic nitrogens is 1. The number of rotatable bonds is 2. The average Bonchev–Trinajstić information content (AvgIpc) is 2.01. The van der Waals surface area contributed by atoms with E-state index in [2.05, 4.69) is 4.98 Å². The molecule has 0 N–H and O–H groups in total. The minimum atomic E-state index is -4.65. The van der Waals surface area contributed by atoms with Gasteiger partial charge in [0.1, 0.15) is 0 Å². The normalized spacial score (nSPS) is 11.4. The molecule has 76 valence electrons. The lowest BCUT2D eigenvalue weighted by molar-refractivity contribution is -0.497. The van der Waals surface area contributed by atoms with Gasteiger partial charge in [-0.05, 0) is 12.1 Å². The second-order valence-corrected chi connectivity index (χ2v) is 2.50. The monoisotopic (exact) mass is 206 g/mol. The highest BCUT2D eigenvalue weighted by atomic mass is 19.4. The molecule has 1 rings (SSSR count). The number of nitro groups is 1. The molecule has 0 atom stereocenters. The highest BCUT2D eigenvalue weighted by Crippen LogP contribution is 2.30. The van der Waals surface area contributed by atoms with Crippen LogP contribution in [-0.2, 0) is 12.7 Å². The summed E-state index contributed by atoms with van der Waals surface area (Å²) in [5, 5.41) is 10.1. The average molecular weight is 206 g/mol. The Labute approximate surface area is 76.5 Å². The summed E-state index contributed by atoms with van der Waals surface area (Å²) in [6, 6.07) is 2.27. The van der Waals surface area contributed by atoms with Crippen molar-refractivity contribution in [2.24, 2.45) is 0 Å². The predicted octanol–water partition coefficient (Wildman–Crippen LogP) is 1.88. The number of hydrogen-bond donors (Lipinski definition) is 0. The van der Waals surface area contributed by atoms with E-state index in [1.54, 1.807) is 0 Å². The van der Waals surface area contributed by atoms with Crippen molar-refractivity contribution >= 4 is 0 Å². The standard InChI is InChI=1S/C7H5F3N2O2/c8-7(9,10)6-5(4-12(13)14)2-1-3-11-6/h1-3H,4H2. The number of pyridine rings is 1. The van der Waals surface area contributed by atoms with Gasteiger partial charge in [0.25, 0.3) is 0 Å². The molecule has 14 heavy (non-hydrogen) atoms. The van der Waals surface area contributed by atoms with Gasteiger partial charge in [0, 0.05) is 11.1 Å². The number of halogens is 3. The minimum Gasteiger partial charge on any atom is -0.264 e. The van der Waals surface area contributed by atoms with Gasteiger partial charge in [-0.25, -0.2) is 0 Å². The van der Waals surface area contributed by atoms with Crippen LogP contribution < -0.4 is 0 Å². The van der Waals surface area contributed by atoms with Crippen LogP contribution in [0.5, 0.6) is 0 Å². The minimum absolute atomic E-state index is 0.426. The Bertz CT molecular complexity index is 351. The first kappa shape index (κ1) is 10.4. The summed E-state index contributed by atoms with van der Waals surface area (Å²) in [4.78, 5) is 12.3. The Morgan fingerprint density at radius 1 is 1.50 bits per heavy atom. The van der Waals surface area contributed by atoms with Gasteiger partial charge < -0.3 is 0 Å². The summed E-state index contributed by atoms with van der Waals surface area (Å²) in [5.41, 5.74) is -1.62. The first-order valence-corrected chi connectivity index (χ1v) is 3.54. The fourth-order valence-electron chi connectivity index (χ4n) is 0.961. The van der Waals surface area contributed by atoms with Crippen LogP contribution in [0.1, 0.15) is 11.3 Å². The molecule has 0 saturated carbocycles. The fraction of sp³-hybridized carbons (Fsp3) is 0.286. The van der Waals surface area contributed by atoms with Crippen molar-refractivity contribution in [2.75, 3.05) is 0 Å². The van der Waals surface area contributed by atoms with Crippen molar-refractivity contribution < 1.29 is 18.1 Å². The van der Waals surface area contributed by atoms with E-state index in [0.29, 0.717) is 0 Å². The molecule has 7 heteroatoms. The first-order chi connectivity index (χ1) is 6.41. The highest BCUT2D eigenvalue weighted by Gasteiger charge is 2.36. The lowest BCUT2D eigenvalue weighted by Gasteiger charge is -2.07. The van der Waals surface area contributed by atoms with Crippen LogP contribution in [0.15, 0.2) is 18.3 Å². The van der Waals surface area contributed by atoms with E-state index < -0.39 is 28.9 Å². The maximum absolute atomic E-state index is 12.2. The summed E-state index contributed by atoms with van der Waals surface area (Å²) in [6.45, 7) is -0.872. The van der Waals surface area contributed by atoms with Gasteiger partial charge in [-0.15, -0.1) is 0 Å². The van der Waals surface area contributed by atoms with E-state index in [1.807, 2.05) is 0 Å². The lowest BCUT2D eigenvalue weighted by Crippen LogP contribution is -2.13. The van der Waals surface area contributed by atoms with Gasteiger partial charge in [0.05, 0.1) is 5.56 Å². The topological polar surface area (TPSA) is 56.0 Å². The molecule has 0 fully saturated rings. The molecule has 0 radical (unpaired) electrons. The Morgan fingerprint density at radius 2 is 2.14 bits per heavy atom. The smallest absolute Gasteiger partial charge is 0.264 e. The van der Waals surface area contributed by atoms with Crippen LogP contribution in [0.3, 0.4) is 0 Å². The van der Waals surface area contributed by atoms with E-state index in [-0.39, 0.29) is 0 Å². The quantitative estimate of drug-likeness (QED) is 0.548. The summed E-state index contributed by atoms with van der Waals surface area (Å²) < 4.78 is 36.6. The van der Waals surface area contributed by atoms with E-state index in [1.165, 1.54) is 6.07 Å². The zero-order chi connectivity index (χ0) is 10.8. The Balaban J connectivity index is 3.10. The van der Waals surface area contributed by atoms with Crippen molar-refractivity contribution in [3.8, 4) is 0 Å². The van der Waals surface area contributed by atoms with Gasteiger partial charge in [-0.1, -0.05) is 0 Å². The molecule has 0 aliphatic carbocycles. The highest BCUT2D eigenvalue weighted by molar-refractivity contribution is 5.21. The van der Waals surface area contributed by atoms with Crippen LogP contribution >= 0.6 is 0 Å². The second-order valence-electron chi connectivity index (χ2n) is 2.50. The molecule has 0 unspecified atom stereocenters. The van der Waals surface area contributed by atoms with Crippen LogP contribution in [0.25, 0.3) is 0 Å². The molecule has 1 heterocycles. The molecule has 0 saturated heterocycles. The molecular formula is C7H5F3N2O2. The summed E-state index contributed by atoms with van der Waals surface area (Å²) in [7, 11) is 0. The van der Waals surface area contributed by atoms with Gasteiger partial charge in [0.2, 0.25) is 6.54 Å². The second kappa shape index (κ2) is 3.60. The Hall–Kier alpha value is -1.66. The molecule has 4 nitrogen and oxygen atoms in total. The van der Waals surface area contributed by atoms with E-state index in [4.69, 9.17) is 0 Å². The molecule has 0 aliphatic rings. The van der Waals surface area contributed by atoms with Crippen molar-refractivity contribution in [1.29, 1.82) is 0 Å². The van der Waals surface area contributed by atoms with E-state index in [9.17, 15) is 23.3 Å². The zero-order valence-electron chi connectivity index (χ0n) is 6.78. The van der Waals surface area contributed by atoms with Crippen LogP contribution in [0.2, 0.25) is 0 Å². The first-order valence-electron chi connectivity index (χ1n) is 3.54. The molecule has 0 aliphatic heterocycles. The largest absolute Gasteiger partial charge is 0.433 e. The third-order valence-corrected chi connectivity index (χ3v) is 1.46. The molecule has 0 bridgehead atoms. The molecular weight excluding hydrogens is 201 g/mol. The molecule has 1 aromatic rings. The van der Waals surface area contributed by atoms with Gasteiger partial charge in [-0.2, -0.15) is 13.2 Å². The third kappa shape index (κ3) is 2.41. The number of alkyl halides is 3. The Morgan fingerprint density at radius 3 is 2.64 bits per heavy atom. The maximum atomic E-state index is 12.2. The summed E-state index contributed by atoms with van der Waals surface area (Å²) in [5.74, 6) is 0. The molecule has 0 spiro atoms. The third-order valence-electron chi connectivity index (χ3n) is 1.46. The van der Waals surface area contributed by atoms with Crippen LogP contribution in [0, 0.1) is 10.1 Å². The predicted molar refractivity (Wildman–Crippen MR) is 39.9 cm³/mol. The van der Waals surface area contributed by atoms with E-state index in [0.717, 1.165) is 12.3 Å². The Kier molecular flexibility index (Phi) is 2.68. The van der Waals surface area contributed by atoms with Crippen LogP contribution in [0.4, 0.5) is 13.2 Å². The fourth-order valence-corrected chi connectivity index (χ4v) is 0.961. The molecule has 0 amide bonds. The summed E-state index contributed by atoms with van der Waals surface area (Å²) in [6.07, 6.45) is -3.70. The SMILES string of the molecule is O=[N+]([O-])Cc1cccnc1C(F)(F)F. The number of hydrogen-bond acceptors (Lipinski definition) is 3. The van der Waals surface area contributed by atoms with Crippen molar-refractivity contribution in [3.05, 3.63) is 39.7 Å². The van der Waals surface area contributed by atoms with Gasteiger partial charge >= 0.3 is 6.18 Å². The van der Waals surface area contributed by atoms with Gasteiger partial charge in [-0.3, -0.25) is 15.1 Å². The van der Waals surface area contributed by atoms with Crippen molar-refractivity contribution in [2.45, 2.75) is 12.7 Å². The summed E-state index contributed by atoms with van der Waals surface area (Å²) >= 11 is 0. The maximum Gasteiger partial charge on any atom is 0.433 e. The van der Waals surface area contributed by atoms with Crippen molar-refractivity contribution in [3.63, 3.8) is 0 Å². The van der Waals surface area contributed by atoms with Gasteiger partial charge in [0.15, 0.2) is 5.69 Å².